The maximum Gasteiger partial charge on any atom is 0.405 e. The molecule has 1 saturated heterocycles. The second kappa shape index (κ2) is 8.83. The zero-order valence-corrected chi connectivity index (χ0v) is 18.2. The third kappa shape index (κ3) is 4.42. The highest BCUT2D eigenvalue weighted by molar-refractivity contribution is 6.19. The highest BCUT2D eigenvalue weighted by Gasteiger charge is 2.46. The van der Waals surface area contributed by atoms with Crippen LogP contribution < -0.4 is 14.8 Å². The number of hydrogen-bond acceptors (Lipinski definition) is 6. The molecule has 1 aromatic carbocycles. The summed E-state index contributed by atoms with van der Waals surface area (Å²) < 4.78 is 10.7. The monoisotopic (exact) mass is 432 g/mol. The molecule has 2 aliphatic heterocycles. The largest absolute Gasteiger partial charge is 0.493 e. The lowest BCUT2D eigenvalue weighted by molar-refractivity contribution is -0.139. The fourth-order valence-electron chi connectivity index (χ4n) is 3.94. The number of piperidine rings is 1. The van der Waals surface area contributed by atoms with Gasteiger partial charge in [-0.1, -0.05) is 0 Å². The molecular weight excluding hydrogens is 404 g/mol. The maximum absolute atomic E-state index is 13.2. The molecule has 0 aliphatic carbocycles. The van der Waals surface area contributed by atoms with Crippen LogP contribution in [0.1, 0.15) is 32.3 Å². The maximum atomic E-state index is 13.2. The lowest BCUT2D eigenvalue weighted by atomic mass is 9.83. The molecule has 168 valence electrons. The molecule has 3 amide bonds. The van der Waals surface area contributed by atoms with E-state index in [1.54, 1.807) is 30.2 Å². The van der Waals surface area contributed by atoms with E-state index >= 15 is 0 Å². The first-order valence-corrected chi connectivity index (χ1v) is 10.1. The quantitative estimate of drug-likeness (QED) is 0.703. The van der Waals surface area contributed by atoms with Crippen molar-refractivity contribution >= 4 is 23.6 Å². The lowest BCUT2D eigenvalue weighted by Gasteiger charge is -2.35. The predicted molar refractivity (Wildman–Crippen MR) is 112 cm³/mol. The Labute approximate surface area is 180 Å². The van der Waals surface area contributed by atoms with Crippen LogP contribution in [0.5, 0.6) is 11.5 Å². The van der Waals surface area contributed by atoms with Crippen LogP contribution in [0.2, 0.25) is 0 Å². The van der Waals surface area contributed by atoms with Gasteiger partial charge in [-0.2, -0.15) is 5.10 Å². The number of nitrogens with one attached hydrogen (secondary N) is 1. The van der Waals surface area contributed by atoms with Crippen LogP contribution in [-0.2, 0) is 9.59 Å². The summed E-state index contributed by atoms with van der Waals surface area (Å²) in [5, 5.41) is 17.0. The van der Waals surface area contributed by atoms with Gasteiger partial charge in [0, 0.05) is 18.7 Å². The number of carboxylic acid groups (broad SMARTS) is 1. The fourth-order valence-corrected chi connectivity index (χ4v) is 3.94. The van der Waals surface area contributed by atoms with Gasteiger partial charge in [0.05, 0.1) is 31.4 Å². The van der Waals surface area contributed by atoms with Crippen molar-refractivity contribution < 1.29 is 29.0 Å². The number of rotatable bonds is 6. The van der Waals surface area contributed by atoms with Crippen LogP contribution in [0.15, 0.2) is 23.3 Å². The van der Waals surface area contributed by atoms with Gasteiger partial charge >= 0.3 is 6.09 Å². The van der Waals surface area contributed by atoms with Gasteiger partial charge in [-0.15, -0.1) is 0 Å². The van der Waals surface area contributed by atoms with Crippen LogP contribution in [0.25, 0.3) is 0 Å². The summed E-state index contributed by atoms with van der Waals surface area (Å²) in [4.78, 5) is 37.5. The summed E-state index contributed by atoms with van der Waals surface area (Å²) in [5.41, 5.74) is 0.631. The van der Waals surface area contributed by atoms with Crippen molar-refractivity contribution in [3.63, 3.8) is 0 Å². The van der Waals surface area contributed by atoms with E-state index in [-0.39, 0.29) is 24.4 Å². The first kappa shape index (κ1) is 22.4. The molecule has 0 atom stereocenters. The van der Waals surface area contributed by atoms with Crippen LogP contribution in [-0.4, -0.2) is 78.5 Å². The van der Waals surface area contributed by atoms with E-state index in [9.17, 15) is 14.4 Å². The van der Waals surface area contributed by atoms with E-state index in [4.69, 9.17) is 14.6 Å². The number of hydrogen-bond donors (Lipinski definition) is 2. The standard InChI is InChI=1S/C21H28N4O6/c1-21(2)18(13-5-6-15(30-3)16(11-13)31-4)23-25(19(21)27)14-7-9-24(10-8-14)17(26)12-22-20(28)29/h5-6,11,14,22H,7-10,12H2,1-4H3,(H,28,29). The number of nitrogens with zero attached hydrogens (tertiary/aromatic N) is 3. The number of hydrazone groups is 1. The molecule has 2 aliphatic rings. The summed E-state index contributed by atoms with van der Waals surface area (Å²) in [6.45, 7) is 4.33. The van der Waals surface area contributed by atoms with Crippen molar-refractivity contribution in [1.82, 2.24) is 15.2 Å². The summed E-state index contributed by atoms with van der Waals surface area (Å²) in [7, 11) is 3.12. The van der Waals surface area contributed by atoms with Crippen LogP contribution >= 0.6 is 0 Å². The minimum Gasteiger partial charge on any atom is -0.493 e. The van der Waals surface area contributed by atoms with Crippen LogP contribution in [0.3, 0.4) is 0 Å². The fraction of sp³-hybridized carbons (Fsp3) is 0.524. The Hall–Kier alpha value is -3.30. The zero-order valence-electron chi connectivity index (χ0n) is 18.2. The van der Waals surface area contributed by atoms with Crippen molar-refractivity contribution in [3.8, 4) is 11.5 Å². The zero-order chi connectivity index (χ0) is 22.8. The molecule has 0 saturated carbocycles. The van der Waals surface area contributed by atoms with Crippen molar-refractivity contribution in [1.29, 1.82) is 0 Å². The molecule has 10 heteroatoms. The van der Waals surface area contributed by atoms with Gasteiger partial charge in [0.15, 0.2) is 11.5 Å². The summed E-state index contributed by atoms with van der Waals surface area (Å²) in [5.74, 6) is 0.796. The normalized spacial score (nSPS) is 18.6. The van der Waals surface area contributed by atoms with Gasteiger partial charge in [-0.05, 0) is 44.9 Å². The minimum atomic E-state index is -1.23. The second-order valence-electron chi connectivity index (χ2n) is 8.06. The molecule has 1 aromatic rings. The van der Waals surface area contributed by atoms with E-state index in [0.717, 1.165) is 5.56 Å². The average molecular weight is 432 g/mol. The molecule has 2 heterocycles. The van der Waals surface area contributed by atoms with Crippen molar-refractivity contribution in [3.05, 3.63) is 23.8 Å². The number of ether oxygens (including phenoxy) is 2. The molecule has 0 spiro atoms. The molecule has 2 N–H and O–H groups in total. The van der Waals surface area contributed by atoms with E-state index < -0.39 is 11.5 Å². The Morgan fingerprint density at radius 1 is 1.19 bits per heavy atom. The lowest BCUT2D eigenvalue weighted by Crippen LogP contribution is -2.49. The Kier molecular flexibility index (Phi) is 6.37. The van der Waals surface area contributed by atoms with Gasteiger partial charge < -0.3 is 24.8 Å². The molecule has 0 radical (unpaired) electrons. The molecule has 1 fully saturated rings. The number of amides is 3. The molecule has 0 bridgehead atoms. The molecule has 0 unspecified atom stereocenters. The Morgan fingerprint density at radius 3 is 2.42 bits per heavy atom. The molecule has 10 nitrogen and oxygen atoms in total. The van der Waals surface area contributed by atoms with E-state index in [1.807, 2.05) is 26.0 Å². The Bertz CT molecular complexity index is 905. The first-order chi connectivity index (χ1) is 14.7. The number of likely N-dealkylation sites (tertiary alicyclic amines) is 1. The third-order valence-electron chi connectivity index (χ3n) is 5.75. The van der Waals surface area contributed by atoms with Gasteiger partial charge in [0.2, 0.25) is 5.91 Å². The van der Waals surface area contributed by atoms with E-state index in [1.165, 1.54) is 0 Å². The smallest absolute Gasteiger partial charge is 0.405 e. The van der Waals surface area contributed by atoms with Gasteiger partial charge in [-0.25, -0.2) is 9.80 Å². The summed E-state index contributed by atoms with van der Waals surface area (Å²) >= 11 is 0. The predicted octanol–water partition coefficient (Wildman–Crippen LogP) is 1.53. The minimum absolute atomic E-state index is 0.0883. The van der Waals surface area contributed by atoms with Gasteiger partial charge in [0.25, 0.3) is 5.91 Å². The highest BCUT2D eigenvalue weighted by Crippen LogP contribution is 2.37. The van der Waals surface area contributed by atoms with Gasteiger partial charge in [0.1, 0.15) is 6.54 Å². The van der Waals surface area contributed by atoms with Crippen molar-refractivity contribution in [2.45, 2.75) is 32.7 Å². The van der Waals surface area contributed by atoms with Crippen molar-refractivity contribution in [2.24, 2.45) is 10.5 Å². The summed E-state index contributed by atoms with van der Waals surface area (Å²) in [6, 6.07) is 5.33. The molecule has 31 heavy (non-hydrogen) atoms. The number of methoxy groups -OCH3 is 2. The van der Waals surface area contributed by atoms with Crippen LogP contribution in [0.4, 0.5) is 4.79 Å². The molecular formula is C21H28N4O6. The van der Waals surface area contributed by atoms with Crippen molar-refractivity contribution in [2.75, 3.05) is 33.9 Å². The SMILES string of the molecule is COc1ccc(C2=NN(C3CCN(C(=O)CNC(=O)O)CC3)C(=O)C2(C)C)cc1OC. The first-order valence-electron chi connectivity index (χ1n) is 10.1. The second-order valence-corrected chi connectivity index (χ2v) is 8.06. The summed E-state index contributed by atoms with van der Waals surface area (Å²) in [6.07, 6.45) is -0.0858. The van der Waals surface area contributed by atoms with E-state index in [2.05, 4.69) is 10.4 Å². The Balaban J connectivity index is 1.75. The molecule has 0 aromatic heterocycles. The topological polar surface area (TPSA) is 121 Å². The van der Waals surface area contributed by atoms with Crippen LogP contribution in [0, 0.1) is 5.41 Å². The third-order valence-corrected chi connectivity index (χ3v) is 5.75. The average Bonchev–Trinajstić information content (AvgIpc) is 3.00. The van der Waals surface area contributed by atoms with E-state index in [0.29, 0.717) is 43.1 Å². The Morgan fingerprint density at radius 2 is 1.84 bits per heavy atom. The molecule has 3 rings (SSSR count). The number of benzene rings is 1. The number of carbonyl (C=O) groups is 3. The number of carbonyl (C=O) groups excluding carboxylic acids is 2. The highest BCUT2D eigenvalue weighted by atomic mass is 16.5. The van der Waals surface area contributed by atoms with Gasteiger partial charge in [-0.3, -0.25) is 9.59 Å².